The summed E-state index contributed by atoms with van der Waals surface area (Å²) in [6.07, 6.45) is -1.16. The van der Waals surface area contributed by atoms with Gasteiger partial charge in [0.05, 0.1) is 5.69 Å². The number of phenols is 1. The summed E-state index contributed by atoms with van der Waals surface area (Å²) < 4.78 is 0. The maximum absolute atomic E-state index is 12.8. The summed E-state index contributed by atoms with van der Waals surface area (Å²) in [4.78, 5) is 29.8. The molecule has 0 unspecified atom stereocenters. The van der Waals surface area contributed by atoms with Gasteiger partial charge in [-0.05, 0) is 29.8 Å². The summed E-state index contributed by atoms with van der Waals surface area (Å²) in [5.74, 6) is -0.851. The number of rotatable bonds is 1. The Hall–Kier alpha value is -3.57. The van der Waals surface area contributed by atoms with Gasteiger partial charge in [-0.25, -0.2) is 4.99 Å². The smallest absolute Gasteiger partial charge is 0.214 e. The molecule has 0 fully saturated rings. The predicted molar refractivity (Wildman–Crippen MR) is 99.0 cm³/mol. The molecule has 1 aliphatic heterocycles. The number of ketones is 2. The summed E-state index contributed by atoms with van der Waals surface area (Å²) in [6.45, 7) is 0. The van der Waals surface area contributed by atoms with Gasteiger partial charge in [-0.3, -0.25) is 9.59 Å². The molecular weight excluding hydrogens is 342 g/mol. The Morgan fingerprint density at radius 1 is 0.741 bits per heavy atom. The van der Waals surface area contributed by atoms with Gasteiger partial charge in [0.25, 0.3) is 0 Å². The normalized spacial score (nSPS) is 17.2. The Morgan fingerprint density at radius 3 is 2.19 bits per heavy atom. The highest BCUT2D eigenvalue weighted by atomic mass is 16.3. The standard InChI is InChI=1S/C22H13NO4/c24-19-11-5-1-2-6-12(11)20(25)17-14(19)9-10-15(21(17)26)18-22(27)13-7-3-4-8-16(13)23-18/h1-10,20,25-26H/t20-/m1/s1. The van der Waals surface area contributed by atoms with E-state index in [2.05, 4.69) is 4.99 Å². The predicted octanol–water partition coefficient (Wildman–Crippen LogP) is 3.34. The topological polar surface area (TPSA) is 87.0 Å². The van der Waals surface area contributed by atoms with Crippen LogP contribution in [0.4, 0.5) is 5.69 Å². The van der Waals surface area contributed by atoms with E-state index in [1.54, 1.807) is 48.5 Å². The number of Topliss-reactive ketones (excluding diaryl/α,β-unsaturated/α-hetero) is 1. The molecule has 2 aliphatic rings. The molecule has 0 saturated carbocycles. The van der Waals surface area contributed by atoms with Crippen LogP contribution in [-0.4, -0.2) is 27.5 Å². The lowest BCUT2D eigenvalue weighted by Crippen LogP contribution is -2.21. The third kappa shape index (κ3) is 2.06. The monoisotopic (exact) mass is 355 g/mol. The first-order valence-electron chi connectivity index (χ1n) is 8.48. The van der Waals surface area contributed by atoms with E-state index in [0.29, 0.717) is 22.4 Å². The van der Waals surface area contributed by atoms with E-state index in [-0.39, 0.29) is 39.7 Å². The number of carbonyl (C=O) groups is 2. The van der Waals surface area contributed by atoms with Crippen molar-refractivity contribution >= 4 is 23.0 Å². The van der Waals surface area contributed by atoms with Crippen LogP contribution in [0.15, 0.2) is 65.7 Å². The lowest BCUT2D eigenvalue weighted by atomic mass is 9.81. The van der Waals surface area contributed by atoms with Crippen LogP contribution >= 0.6 is 0 Å². The van der Waals surface area contributed by atoms with E-state index < -0.39 is 6.10 Å². The van der Waals surface area contributed by atoms with Crippen LogP contribution in [0.3, 0.4) is 0 Å². The maximum atomic E-state index is 12.8. The average molecular weight is 355 g/mol. The Balaban J connectivity index is 1.69. The number of benzene rings is 3. The molecule has 0 amide bonds. The van der Waals surface area contributed by atoms with Crippen LogP contribution in [0.2, 0.25) is 0 Å². The van der Waals surface area contributed by atoms with E-state index in [0.717, 1.165) is 0 Å². The van der Waals surface area contributed by atoms with E-state index in [9.17, 15) is 19.8 Å². The molecule has 0 aromatic heterocycles. The van der Waals surface area contributed by atoms with Crippen LogP contribution < -0.4 is 0 Å². The first kappa shape index (κ1) is 15.7. The third-order valence-corrected chi connectivity index (χ3v) is 5.09. The first-order chi connectivity index (χ1) is 13.1. The van der Waals surface area contributed by atoms with Crippen molar-refractivity contribution in [1.82, 2.24) is 0 Å². The van der Waals surface area contributed by atoms with Crippen LogP contribution in [0.25, 0.3) is 0 Å². The molecule has 3 aromatic rings. The molecule has 5 heteroatoms. The van der Waals surface area contributed by atoms with Crippen molar-refractivity contribution in [3.05, 3.63) is 94.0 Å². The number of nitrogens with zero attached hydrogens (tertiary/aromatic N) is 1. The number of aliphatic hydroxyl groups is 1. The molecule has 1 atom stereocenters. The van der Waals surface area contributed by atoms with Gasteiger partial charge < -0.3 is 10.2 Å². The largest absolute Gasteiger partial charge is 0.507 e. The quantitative estimate of drug-likeness (QED) is 0.701. The number of hydrogen-bond acceptors (Lipinski definition) is 5. The van der Waals surface area contributed by atoms with Gasteiger partial charge in [0.1, 0.15) is 17.6 Å². The minimum atomic E-state index is -1.16. The Bertz CT molecular complexity index is 1190. The van der Waals surface area contributed by atoms with Crippen molar-refractivity contribution in [3.8, 4) is 5.75 Å². The zero-order valence-corrected chi connectivity index (χ0v) is 14.0. The number of aliphatic imine (C=N–C) groups is 1. The number of phenolic OH excluding ortho intramolecular Hbond substituents is 1. The van der Waals surface area contributed by atoms with Crippen molar-refractivity contribution in [1.29, 1.82) is 0 Å². The van der Waals surface area contributed by atoms with Gasteiger partial charge in [0, 0.05) is 27.8 Å². The lowest BCUT2D eigenvalue weighted by Gasteiger charge is -2.25. The van der Waals surface area contributed by atoms with Crippen molar-refractivity contribution in [2.45, 2.75) is 6.10 Å². The first-order valence-corrected chi connectivity index (χ1v) is 8.48. The van der Waals surface area contributed by atoms with E-state index in [4.69, 9.17) is 0 Å². The van der Waals surface area contributed by atoms with Gasteiger partial charge in [-0.15, -0.1) is 0 Å². The molecule has 1 aliphatic carbocycles. The van der Waals surface area contributed by atoms with Gasteiger partial charge in [0.2, 0.25) is 5.78 Å². The molecular formula is C22H13NO4. The highest BCUT2D eigenvalue weighted by Gasteiger charge is 2.35. The summed E-state index contributed by atoms with van der Waals surface area (Å²) in [7, 11) is 0. The maximum Gasteiger partial charge on any atom is 0.214 e. The fourth-order valence-corrected chi connectivity index (χ4v) is 3.76. The lowest BCUT2D eigenvalue weighted by molar-refractivity contribution is 0.101. The van der Waals surface area contributed by atoms with Crippen molar-refractivity contribution < 1.29 is 19.8 Å². The minimum absolute atomic E-state index is 0.106. The second kappa shape index (κ2) is 5.46. The van der Waals surface area contributed by atoms with Gasteiger partial charge >= 0.3 is 0 Å². The fourth-order valence-electron chi connectivity index (χ4n) is 3.76. The number of fused-ring (bicyclic) bond motifs is 3. The van der Waals surface area contributed by atoms with Crippen LogP contribution in [0, 0.1) is 0 Å². The fraction of sp³-hybridized carbons (Fsp3) is 0.0455. The molecule has 2 N–H and O–H groups in total. The van der Waals surface area contributed by atoms with Crippen molar-refractivity contribution in [2.75, 3.05) is 0 Å². The van der Waals surface area contributed by atoms with Crippen molar-refractivity contribution in [3.63, 3.8) is 0 Å². The summed E-state index contributed by atoms with van der Waals surface area (Å²) in [5.41, 5.74) is 2.50. The molecule has 0 bridgehead atoms. The highest BCUT2D eigenvalue weighted by molar-refractivity contribution is 6.55. The van der Waals surface area contributed by atoms with Crippen LogP contribution in [0.1, 0.15) is 49.1 Å². The molecule has 0 saturated heterocycles. The summed E-state index contributed by atoms with van der Waals surface area (Å²) in [5, 5.41) is 21.6. The van der Waals surface area contributed by atoms with Gasteiger partial charge in [-0.2, -0.15) is 0 Å². The second-order valence-electron chi connectivity index (χ2n) is 6.55. The number of carbonyl (C=O) groups excluding carboxylic acids is 2. The SMILES string of the molecule is O=C1C(c2ccc3c(c2O)[C@H](O)c2ccccc2C3=O)=Nc2ccccc21. The van der Waals surface area contributed by atoms with Crippen LogP contribution in [0.5, 0.6) is 5.75 Å². The number of hydrogen-bond donors (Lipinski definition) is 2. The number of aliphatic hydroxyl groups excluding tert-OH is 1. The average Bonchev–Trinajstić information content (AvgIpc) is 3.03. The molecule has 3 aromatic carbocycles. The van der Waals surface area contributed by atoms with Gasteiger partial charge in [-0.1, -0.05) is 36.4 Å². The third-order valence-electron chi connectivity index (χ3n) is 5.09. The summed E-state index contributed by atoms with van der Waals surface area (Å²) >= 11 is 0. The van der Waals surface area contributed by atoms with E-state index in [1.165, 1.54) is 12.1 Å². The zero-order chi connectivity index (χ0) is 18.7. The molecule has 27 heavy (non-hydrogen) atoms. The number of para-hydroxylation sites is 1. The Kier molecular flexibility index (Phi) is 3.17. The summed E-state index contributed by atoms with van der Waals surface area (Å²) in [6, 6.07) is 16.7. The van der Waals surface area contributed by atoms with E-state index in [1.807, 2.05) is 0 Å². The number of aromatic hydroxyl groups is 1. The highest BCUT2D eigenvalue weighted by Crippen LogP contribution is 2.42. The second-order valence-corrected chi connectivity index (χ2v) is 6.55. The Morgan fingerprint density at radius 2 is 1.41 bits per heavy atom. The minimum Gasteiger partial charge on any atom is -0.507 e. The molecule has 0 spiro atoms. The van der Waals surface area contributed by atoms with E-state index >= 15 is 0 Å². The molecule has 0 radical (unpaired) electrons. The molecule has 1 heterocycles. The van der Waals surface area contributed by atoms with Gasteiger partial charge in [0.15, 0.2) is 5.78 Å². The Labute approximate surface area is 154 Å². The van der Waals surface area contributed by atoms with Crippen molar-refractivity contribution in [2.24, 2.45) is 4.99 Å². The van der Waals surface area contributed by atoms with Crippen LogP contribution in [-0.2, 0) is 0 Å². The molecule has 5 nitrogen and oxygen atoms in total. The zero-order valence-electron chi connectivity index (χ0n) is 14.0. The molecule has 130 valence electrons. The molecule has 5 rings (SSSR count).